The molecule has 5 heteroatoms. The second-order valence-corrected chi connectivity index (χ2v) is 4.31. The summed E-state index contributed by atoms with van der Waals surface area (Å²) < 4.78 is 13.1. The maximum absolute atomic E-state index is 13.1. The van der Waals surface area contributed by atoms with E-state index in [0.717, 1.165) is 11.3 Å². The van der Waals surface area contributed by atoms with Crippen molar-refractivity contribution in [1.82, 2.24) is 15.3 Å². The first-order valence-electron chi connectivity index (χ1n) is 5.88. The number of aryl methyl sites for hydroxylation is 2. The van der Waals surface area contributed by atoms with Crippen LogP contribution >= 0.6 is 0 Å². The van der Waals surface area contributed by atoms with Crippen LogP contribution in [0.4, 0.5) is 4.39 Å². The molecule has 0 aliphatic carbocycles. The smallest absolute Gasteiger partial charge is 0.271 e. The van der Waals surface area contributed by atoms with Gasteiger partial charge in [0.15, 0.2) is 0 Å². The van der Waals surface area contributed by atoms with Crippen molar-refractivity contribution >= 4 is 5.91 Å². The minimum absolute atomic E-state index is 0.250. The molecule has 0 aliphatic heterocycles. The quantitative estimate of drug-likeness (QED) is 0.919. The predicted molar refractivity (Wildman–Crippen MR) is 69.1 cm³/mol. The number of amides is 1. The van der Waals surface area contributed by atoms with Crippen LogP contribution in [-0.4, -0.2) is 15.9 Å². The summed E-state index contributed by atoms with van der Waals surface area (Å²) in [6, 6.07) is 4.74. The lowest BCUT2D eigenvalue weighted by molar-refractivity contribution is 0.0945. The van der Waals surface area contributed by atoms with E-state index in [-0.39, 0.29) is 17.4 Å². The van der Waals surface area contributed by atoms with Crippen molar-refractivity contribution in [3.63, 3.8) is 0 Å². The van der Waals surface area contributed by atoms with Crippen molar-refractivity contribution in [3.05, 3.63) is 58.9 Å². The summed E-state index contributed by atoms with van der Waals surface area (Å²) in [5.41, 5.74) is 2.42. The Bertz CT molecular complexity index is 596. The standard InChI is InChI=1S/C14H14FN3O/c1-9-5-11(3-4-12(9)15)7-18-14(19)13-8-16-10(2)6-17-13/h3-6,8H,7H2,1-2H3,(H,18,19). The highest BCUT2D eigenvalue weighted by Crippen LogP contribution is 2.09. The van der Waals surface area contributed by atoms with Crippen molar-refractivity contribution in [3.8, 4) is 0 Å². The molecule has 1 aromatic carbocycles. The van der Waals surface area contributed by atoms with Gasteiger partial charge in [0.05, 0.1) is 11.9 Å². The maximum Gasteiger partial charge on any atom is 0.271 e. The van der Waals surface area contributed by atoms with E-state index in [1.165, 1.54) is 18.5 Å². The average Bonchev–Trinajstić information content (AvgIpc) is 2.40. The molecule has 0 saturated heterocycles. The Labute approximate surface area is 110 Å². The van der Waals surface area contributed by atoms with Crippen LogP contribution in [0.15, 0.2) is 30.6 Å². The van der Waals surface area contributed by atoms with E-state index < -0.39 is 0 Å². The Balaban J connectivity index is 2.00. The Hall–Kier alpha value is -2.30. The second kappa shape index (κ2) is 5.56. The van der Waals surface area contributed by atoms with Crippen LogP contribution in [0.25, 0.3) is 0 Å². The molecule has 1 amide bonds. The van der Waals surface area contributed by atoms with Crippen LogP contribution in [0.5, 0.6) is 0 Å². The SMILES string of the molecule is Cc1cnc(C(=O)NCc2ccc(F)c(C)c2)cn1. The molecule has 19 heavy (non-hydrogen) atoms. The number of nitrogens with zero attached hydrogens (tertiary/aromatic N) is 2. The minimum Gasteiger partial charge on any atom is -0.347 e. The Morgan fingerprint density at radius 2 is 2.05 bits per heavy atom. The third-order valence-electron chi connectivity index (χ3n) is 2.69. The first-order chi connectivity index (χ1) is 9.06. The van der Waals surface area contributed by atoms with Gasteiger partial charge in [-0.15, -0.1) is 0 Å². The van der Waals surface area contributed by atoms with Gasteiger partial charge in [0.2, 0.25) is 0 Å². The molecule has 0 fully saturated rings. The van der Waals surface area contributed by atoms with Crippen LogP contribution < -0.4 is 5.32 Å². The summed E-state index contributed by atoms with van der Waals surface area (Å²) >= 11 is 0. The summed E-state index contributed by atoms with van der Waals surface area (Å²) in [4.78, 5) is 19.8. The zero-order valence-electron chi connectivity index (χ0n) is 10.8. The summed E-state index contributed by atoms with van der Waals surface area (Å²) in [7, 11) is 0. The van der Waals surface area contributed by atoms with Crippen LogP contribution in [0.3, 0.4) is 0 Å². The molecule has 0 bridgehead atoms. The summed E-state index contributed by atoms with van der Waals surface area (Å²) in [6.07, 6.45) is 2.97. The van der Waals surface area contributed by atoms with Gasteiger partial charge in [0, 0.05) is 12.7 Å². The molecule has 0 saturated carbocycles. The lowest BCUT2D eigenvalue weighted by Gasteiger charge is -2.06. The van der Waals surface area contributed by atoms with Gasteiger partial charge in [-0.3, -0.25) is 9.78 Å². The fraction of sp³-hybridized carbons (Fsp3) is 0.214. The number of rotatable bonds is 3. The largest absolute Gasteiger partial charge is 0.347 e. The van der Waals surface area contributed by atoms with Crippen molar-refractivity contribution < 1.29 is 9.18 Å². The second-order valence-electron chi connectivity index (χ2n) is 4.31. The number of carbonyl (C=O) groups excluding carboxylic acids is 1. The van der Waals surface area contributed by atoms with Gasteiger partial charge in [-0.2, -0.15) is 0 Å². The first-order valence-corrected chi connectivity index (χ1v) is 5.88. The molecule has 0 spiro atoms. The molecule has 0 aliphatic rings. The molecule has 98 valence electrons. The molecule has 0 atom stereocenters. The lowest BCUT2D eigenvalue weighted by Crippen LogP contribution is -2.24. The number of carbonyl (C=O) groups is 1. The van der Waals surface area contributed by atoms with Crippen LogP contribution in [0.1, 0.15) is 27.3 Å². The van der Waals surface area contributed by atoms with E-state index >= 15 is 0 Å². The van der Waals surface area contributed by atoms with Crippen LogP contribution in [0.2, 0.25) is 0 Å². The van der Waals surface area contributed by atoms with Crippen molar-refractivity contribution in [2.45, 2.75) is 20.4 Å². The summed E-state index contributed by atoms with van der Waals surface area (Å²) in [5, 5.41) is 2.72. The number of aromatic nitrogens is 2. The van der Waals surface area contributed by atoms with E-state index in [2.05, 4.69) is 15.3 Å². The van der Waals surface area contributed by atoms with E-state index in [1.807, 2.05) is 0 Å². The van der Waals surface area contributed by atoms with Gasteiger partial charge in [-0.1, -0.05) is 12.1 Å². The Morgan fingerprint density at radius 1 is 1.26 bits per heavy atom. The maximum atomic E-state index is 13.1. The monoisotopic (exact) mass is 259 g/mol. The molecule has 2 aromatic rings. The number of nitrogens with one attached hydrogen (secondary N) is 1. The van der Waals surface area contributed by atoms with Gasteiger partial charge in [-0.25, -0.2) is 9.37 Å². The third-order valence-corrected chi connectivity index (χ3v) is 2.69. The Kier molecular flexibility index (Phi) is 3.85. The normalized spacial score (nSPS) is 10.3. The number of benzene rings is 1. The first kappa shape index (κ1) is 13.1. The molecular formula is C14H14FN3O. The molecule has 2 rings (SSSR count). The van der Waals surface area contributed by atoms with E-state index in [0.29, 0.717) is 12.1 Å². The van der Waals surface area contributed by atoms with Gasteiger partial charge in [0.1, 0.15) is 11.5 Å². The number of hydrogen-bond acceptors (Lipinski definition) is 3. The van der Waals surface area contributed by atoms with E-state index in [4.69, 9.17) is 0 Å². The minimum atomic E-state index is -0.297. The third kappa shape index (κ3) is 3.34. The highest BCUT2D eigenvalue weighted by atomic mass is 19.1. The fourth-order valence-corrected chi connectivity index (χ4v) is 1.60. The van der Waals surface area contributed by atoms with Crippen LogP contribution in [-0.2, 0) is 6.54 Å². The van der Waals surface area contributed by atoms with Crippen molar-refractivity contribution in [1.29, 1.82) is 0 Å². The average molecular weight is 259 g/mol. The fourth-order valence-electron chi connectivity index (χ4n) is 1.60. The van der Waals surface area contributed by atoms with E-state index in [1.54, 1.807) is 26.0 Å². The van der Waals surface area contributed by atoms with Crippen LogP contribution in [0, 0.1) is 19.7 Å². The summed E-state index contributed by atoms with van der Waals surface area (Å²) in [5.74, 6) is -0.547. The zero-order valence-corrected chi connectivity index (χ0v) is 10.8. The predicted octanol–water partition coefficient (Wildman–Crippen LogP) is 2.16. The van der Waals surface area contributed by atoms with Gasteiger partial charge in [0.25, 0.3) is 5.91 Å². The van der Waals surface area contributed by atoms with Crippen molar-refractivity contribution in [2.24, 2.45) is 0 Å². The number of hydrogen-bond donors (Lipinski definition) is 1. The van der Waals surface area contributed by atoms with E-state index in [9.17, 15) is 9.18 Å². The molecule has 1 N–H and O–H groups in total. The highest BCUT2D eigenvalue weighted by Gasteiger charge is 2.07. The lowest BCUT2D eigenvalue weighted by atomic mass is 10.1. The molecule has 0 unspecified atom stereocenters. The Morgan fingerprint density at radius 3 is 2.68 bits per heavy atom. The molecule has 4 nitrogen and oxygen atoms in total. The topological polar surface area (TPSA) is 54.9 Å². The van der Waals surface area contributed by atoms with Crippen molar-refractivity contribution in [2.75, 3.05) is 0 Å². The molecule has 1 aromatic heterocycles. The highest BCUT2D eigenvalue weighted by molar-refractivity contribution is 5.91. The molecule has 1 heterocycles. The van der Waals surface area contributed by atoms with Gasteiger partial charge >= 0.3 is 0 Å². The molecular weight excluding hydrogens is 245 g/mol. The number of halogens is 1. The summed E-state index contributed by atoms with van der Waals surface area (Å²) in [6.45, 7) is 3.82. The molecule has 0 radical (unpaired) electrons. The van der Waals surface area contributed by atoms with Gasteiger partial charge in [-0.05, 0) is 31.0 Å². The zero-order chi connectivity index (χ0) is 13.8. The van der Waals surface area contributed by atoms with Gasteiger partial charge < -0.3 is 5.32 Å².